The Kier molecular flexibility index (Phi) is 5.71. The van der Waals surface area contributed by atoms with Gasteiger partial charge in [-0.1, -0.05) is 12.1 Å². The van der Waals surface area contributed by atoms with Gasteiger partial charge in [-0.2, -0.15) is 4.31 Å². The average molecular weight is 431 g/mol. The highest BCUT2D eigenvalue weighted by molar-refractivity contribution is 7.89. The van der Waals surface area contributed by atoms with Gasteiger partial charge in [-0.3, -0.25) is 4.79 Å². The lowest BCUT2D eigenvalue weighted by atomic mass is 10.1. The molecule has 7 nitrogen and oxygen atoms in total. The molecule has 2 aliphatic heterocycles. The second-order valence-electron chi connectivity index (χ2n) is 7.69. The molecule has 0 unspecified atom stereocenters. The minimum absolute atomic E-state index is 0.198. The summed E-state index contributed by atoms with van der Waals surface area (Å²) in [6.45, 7) is 5.70. The number of nitrogens with zero attached hydrogens (tertiary/aromatic N) is 1. The van der Waals surface area contributed by atoms with Crippen LogP contribution in [0.5, 0.6) is 11.5 Å². The van der Waals surface area contributed by atoms with Gasteiger partial charge in [0.05, 0.1) is 10.9 Å². The van der Waals surface area contributed by atoms with E-state index in [1.807, 2.05) is 25.1 Å². The SMILES string of the molecule is Cc1ccc(C(=O)N[C@@H](C)c2ccc3c(c2)OCCO3)cc1S(=O)(=O)N1CCCC1. The van der Waals surface area contributed by atoms with E-state index in [4.69, 9.17) is 9.47 Å². The number of amides is 1. The van der Waals surface area contributed by atoms with Gasteiger partial charge >= 0.3 is 0 Å². The van der Waals surface area contributed by atoms with Crippen molar-refractivity contribution in [1.82, 2.24) is 9.62 Å². The number of nitrogens with one attached hydrogen (secondary N) is 1. The number of sulfonamides is 1. The first-order chi connectivity index (χ1) is 14.4. The molecule has 1 fully saturated rings. The summed E-state index contributed by atoms with van der Waals surface area (Å²) in [6.07, 6.45) is 1.73. The lowest BCUT2D eigenvalue weighted by Gasteiger charge is -2.21. The number of ether oxygens (including phenoxy) is 2. The van der Waals surface area contributed by atoms with Crippen LogP contribution in [-0.2, 0) is 10.0 Å². The van der Waals surface area contributed by atoms with Crippen molar-refractivity contribution in [3.63, 3.8) is 0 Å². The molecule has 0 aromatic heterocycles. The Labute approximate surface area is 177 Å². The van der Waals surface area contributed by atoms with Crippen LogP contribution in [0.15, 0.2) is 41.3 Å². The Balaban J connectivity index is 1.53. The summed E-state index contributed by atoms with van der Waals surface area (Å²) in [5, 5.41) is 2.94. The first-order valence-electron chi connectivity index (χ1n) is 10.2. The number of aryl methyl sites for hydroxylation is 1. The molecule has 2 heterocycles. The molecule has 0 saturated carbocycles. The van der Waals surface area contributed by atoms with Crippen molar-refractivity contribution in [2.24, 2.45) is 0 Å². The first kappa shape index (κ1) is 20.7. The van der Waals surface area contributed by atoms with Crippen LogP contribution in [0.25, 0.3) is 0 Å². The molecule has 2 aliphatic rings. The number of hydrogen-bond donors (Lipinski definition) is 1. The van der Waals surface area contributed by atoms with Crippen molar-refractivity contribution in [1.29, 1.82) is 0 Å². The smallest absolute Gasteiger partial charge is 0.251 e. The maximum atomic E-state index is 13.0. The van der Waals surface area contributed by atoms with Crippen molar-refractivity contribution in [3.8, 4) is 11.5 Å². The van der Waals surface area contributed by atoms with Gasteiger partial charge in [0.1, 0.15) is 13.2 Å². The van der Waals surface area contributed by atoms with Gasteiger partial charge < -0.3 is 14.8 Å². The van der Waals surface area contributed by atoms with Crippen LogP contribution in [-0.4, -0.2) is 44.9 Å². The highest BCUT2D eigenvalue weighted by Gasteiger charge is 2.29. The van der Waals surface area contributed by atoms with E-state index in [0.29, 0.717) is 48.9 Å². The summed E-state index contributed by atoms with van der Waals surface area (Å²) < 4.78 is 38.6. The molecule has 0 spiro atoms. The lowest BCUT2D eigenvalue weighted by molar-refractivity contribution is 0.0939. The number of rotatable bonds is 5. The van der Waals surface area contributed by atoms with Crippen LogP contribution in [0.2, 0.25) is 0 Å². The molecule has 1 amide bonds. The van der Waals surface area contributed by atoms with E-state index < -0.39 is 10.0 Å². The largest absolute Gasteiger partial charge is 0.486 e. The third kappa shape index (κ3) is 4.02. The van der Waals surface area contributed by atoms with Gasteiger partial charge in [0.25, 0.3) is 5.91 Å². The maximum Gasteiger partial charge on any atom is 0.251 e. The average Bonchev–Trinajstić information content (AvgIpc) is 3.29. The number of benzene rings is 2. The molecule has 1 saturated heterocycles. The summed E-state index contributed by atoms with van der Waals surface area (Å²) in [6, 6.07) is 10.1. The minimum Gasteiger partial charge on any atom is -0.486 e. The fourth-order valence-corrected chi connectivity index (χ4v) is 5.55. The van der Waals surface area contributed by atoms with Crippen molar-refractivity contribution in [3.05, 3.63) is 53.1 Å². The van der Waals surface area contributed by atoms with Crippen LogP contribution in [0.3, 0.4) is 0 Å². The second-order valence-corrected chi connectivity index (χ2v) is 9.60. The zero-order valence-corrected chi connectivity index (χ0v) is 18.0. The van der Waals surface area contributed by atoms with Crippen molar-refractivity contribution in [2.45, 2.75) is 37.6 Å². The van der Waals surface area contributed by atoms with Crippen molar-refractivity contribution in [2.75, 3.05) is 26.3 Å². The molecular weight excluding hydrogens is 404 g/mol. The Morgan fingerprint density at radius 1 is 1.03 bits per heavy atom. The van der Waals surface area contributed by atoms with E-state index in [-0.39, 0.29) is 16.8 Å². The lowest BCUT2D eigenvalue weighted by Crippen LogP contribution is -2.30. The summed E-state index contributed by atoms with van der Waals surface area (Å²) in [5.74, 6) is 1.03. The van der Waals surface area contributed by atoms with Crippen LogP contribution < -0.4 is 14.8 Å². The summed E-state index contributed by atoms with van der Waals surface area (Å²) in [5.41, 5.74) is 1.84. The molecule has 8 heteroatoms. The van der Waals surface area contributed by atoms with E-state index in [0.717, 1.165) is 18.4 Å². The van der Waals surface area contributed by atoms with Crippen LogP contribution in [0, 0.1) is 6.92 Å². The molecule has 160 valence electrons. The fraction of sp³-hybridized carbons (Fsp3) is 0.409. The molecule has 1 atom stereocenters. The van der Waals surface area contributed by atoms with Crippen molar-refractivity contribution < 1.29 is 22.7 Å². The zero-order chi connectivity index (χ0) is 21.3. The van der Waals surface area contributed by atoms with Gasteiger partial charge in [-0.25, -0.2) is 8.42 Å². The highest BCUT2D eigenvalue weighted by Crippen LogP contribution is 2.32. The van der Waals surface area contributed by atoms with Gasteiger partial charge in [0, 0.05) is 18.7 Å². The summed E-state index contributed by atoms with van der Waals surface area (Å²) in [7, 11) is -3.59. The third-order valence-electron chi connectivity index (χ3n) is 5.55. The molecular formula is C22H26N2O5S. The number of fused-ring (bicyclic) bond motifs is 1. The number of hydrogen-bond acceptors (Lipinski definition) is 5. The van der Waals surface area contributed by atoms with E-state index >= 15 is 0 Å². The van der Waals surface area contributed by atoms with E-state index in [1.165, 1.54) is 10.4 Å². The van der Waals surface area contributed by atoms with E-state index in [1.54, 1.807) is 19.1 Å². The molecule has 0 aliphatic carbocycles. The van der Waals surface area contributed by atoms with Gasteiger partial charge in [-0.15, -0.1) is 0 Å². The highest BCUT2D eigenvalue weighted by atomic mass is 32.2. The molecule has 0 bridgehead atoms. The predicted molar refractivity (Wildman–Crippen MR) is 112 cm³/mol. The fourth-order valence-electron chi connectivity index (χ4n) is 3.78. The molecule has 2 aromatic carbocycles. The molecule has 1 N–H and O–H groups in total. The molecule has 2 aromatic rings. The van der Waals surface area contributed by atoms with E-state index in [2.05, 4.69) is 5.32 Å². The van der Waals surface area contributed by atoms with Gasteiger partial charge in [0.2, 0.25) is 10.0 Å². The van der Waals surface area contributed by atoms with Crippen LogP contribution in [0.1, 0.15) is 47.3 Å². The Hall–Kier alpha value is -2.58. The van der Waals surface area contributed by atoms with Crippen LogP contribution in [0.4, 0.5) is 0 Å². The second kappa shape index (κ2) is 8.28. The monoisotopic (exact) mass is 430 g/mol. The molecule has 30 heavy (non-hydrogen) atoms. The summed E-state index contributed by atoms with van der Waals surface area (Å²) in [4.78, 5) is 13.1. The Morgan fingerprint density at radius 2 is 1.73 bits per heavy atom. The Bertz CT molecular complexity index is 1060. The van der Waals surface area contributed by atoms with Crippen molar-refractivity contribution >= 4 is 15.9 Å². The normalized spacial score (nSPS) is 17.5. The topological polar surface area (TPSA) is 84.9 Å². The number of carbonyl (C=O) groups excluding carboxylic acids is 1. The maximum absolute atomic E-state index is 13.0. The molecule has 4 rings (SSSR count). The molecule has 0 radical (unpaired) electrons. The van der Waals surface area contributed by atoms with Crippen LogP contribution >= 0.6 is 0 Å². The van der Waals surface area contributed by atoms with Gasteiger partial charge in [0.15, 0.2) is 11.5 Å². The zero-order valence-electron chi connectivity index (χ0n) is 17.2. The number of carbonyl (C=O) groups is 1. The first-order valence-corrected chi connectivity index (χ1v) is 11.6. The Morgan fingerprint density at radius 3 is 2.47 bits per heavy atom. The van der Waals surface area contributed by atoms with E-state index in [9.17, 15) is 13.2 Å². The standard InChI is InChI=1S/C22H26N2O5S/c1-15-5-6-18(14-21(15)30(26,27)24-9-3-4-10-24)22(25)23-16(2)17-7-8-19-20(13-17)29-12-11-28-19/h5-8,13-14,16H,3-4,9-12H2,1-2H3,(H,23,25)/t16-/m0/s1. The van der Waals surface area contributed by atoms with Gasteiger partial charge in [-0.05, 0) is 62.1 Å². The third-order valence-corrected chi connectivity index (χ3v) is 7.59. The predicted octanol–water partition coefficient (Wildman–Crippen LogP) is 3.04. The minimum atomic E-state index is -3.59. The summed E-state index contributed by atoms with van der Waals surface area (Å²) >= 11 is 0. The quantitative estimate of drug-likeness (QED) is 0.788.